The summed E-state index contributed by atoms with van der Waals surface area (Å²) >= 11 is 0. The molecule has 5 heteroatoms. The summed E-state index contributed by atoms with van der Waals surface area (Å²) in [5.41, 5.74) is 0.864. The van der Waals surface area contributed by atoms with Gasteiger partial charge < -0.3 is 14.0 Å². The number of hydrogen-bond donors (Lipinski definition) is 1. The highest BCUT2D eigenvalue weighted by atomic mass is 28.4. The first-order valence-electron chi connectivity index (χ1n) is 23.7. The quantitative estimate of drug-likeness (QED) is 0.0804. The molecule has 1 N–H and O–H groups in total. The average molecular weight is 865 g/mol. The zero-order valence-corrected chi connectivity index (χ0v) is 39.6. The standard InChI is InChI=1S/C58H64O3Si2/c1-43-39-45-41-46(59)40-44(2)58(45,42-60-62(47-23-11-5-12-24-47,48-25-13-6-14-26-48)49-27-15-7-16-28-49)54-35-37-56(3)53(55(43)54)36-38-57(56,4)61-63(50-29-17-8-18-30-50,51-31-19-9-20-32-51)52-33-21-10-22-34-52/h5-34,39,43-44,46,53-55,59H,35-38,40-42H2,1-4H3/t43-,44+,46+,53+,54+,55+,56+,57+,58+/m1/s1. The van der Waals surface area contributed by atoms with Crippen LogP contribution in [0.15, 0.2) is 194 Å². The van der Waals surface area contributed by atoms with Crippen LogP contribution in [-0.4, -0.2) is 40.1 Å². The second kappa shape index (κ2) is 16.7. The molecule has 3 saturated carbocycles. The number of aliphatic hydroxyl groups is 1. The van der Waals surface area contributed by atoms with Gasteiger partial charge >= 0.3 is 0 Å². The van der Waals surface area contributed by atoms with Crippen LogP contribution in [0.5, 0.6) is 0 Å². The Hall–Kier alpha value is -4.63. The number of benzene rings is 6. The van der Waals surface area contributed by atoms with E-state index in [1.807, 2.05) is 0 Å². The highest BCUT2D eigenvalue weighted by Gasteiger charge is 2.67. The van der Waals surface area contributed by atoms with Gasteiger partial charge in [0.05, 0.1) is 11.7 Å². The summed E-state index contributed by atoms with van der Waals surface area (Å²) in [6, 6.07) is 66.8. The molecule has 0 spiro atoms. The van der Waals surface area contributed by atoms with Crippen molar-refractivity contribution in [1.82, 2.24) is 0 Å². The van der Waals surface area contributed by atoms with Crippen LogP contribution in [0.4, 0.5) is 0 Å². The summed E-state index contributed by atoms with van der Waals surface area (Å²) in [5.74, 6) is 2.05. The van der Waals surface area contributed by atoms with E-state index in [-0.39, 0.29) is 28.5 Å². The fourth-order valence-electron chi connectivity index (χ4n) is 14.0. The van der Waals surface area contributed by atoms with Crippen LogP contribution >= 0.6 is 0 Å². The fourth-order valence-corrected chi connectivity index (χ4v) is 22.3. The van der Waals surface area contributed by atoms with Crippen molar-refractivity contribution in [2.75, 3.05) is 6.61 Å². The second-order valence-corrected chi connectivity index (χ2v) is 26.7. The van der Waals surface area contributed by atoms with E-state index in [9.17, 15) is 5.11 Å². The molecular formula is C58H64O3Si2. The third-order valence-corrected chi connectivity index (χ3v) is 25.4. The van der Waals surface area contributed by atoms with Gasteiger partial charge in [-0.2, -0.15) is 0 Å². The molecule has 6 aromatic rings. The lowest BCUT2D eigenvalue weighted by molar-refractivity contribution is -0.135. The van der Waals surface area contributed by atoms with Crippen LogP contribution in [0.3, 0.4) is 0 Å². The summed E-state index contributed by atoms with van der Waals surface area (Å²) in [6.07, 6.45) is 8.26. The summed E-state index contributed by atoms with van der Waals surface area (Å²) in [4.78, 5) is 0. The predicted molar refractivity (Wildman–Crippen MR) is 265 cm³/mol. The molecule has 0 radical (unpaired) electrons. The summed E-state index contributed by atoms with van der Waals surface area (Å²) in [6.45, 7) is 10.7. The van der Waals surface area contributed by atoms with E-state index in [4.69, 9.17) is 8.85 Å². The topological polar surface area (TPSA) is 38.7 Å². The molecule has 6 aromatic carbocycles. The summed E-state index contributed by atoms with van der Waals surface area (Å²) < 4.78 is 16.4. The van der Waals surface area contributed by atoms with Gasteiger partial charge in [-0.05, 0) is 112 Å². The van der Waals surface area contributed by atoms with Crippen LogP contribution < -0.4 is 31.1 Å². The van der Waals surface area contributed by atoms with Crippen LogP contribution in [0.2, 0.25) is 0 Å². The maximum Gasteiger partial charge on any atom is 0.288 e. The molecule has 0 bridgehead atoms. The lowest BCUT2D eigenvalue weighted by atomic mass is 9.43. The number of hydrogen-bond acceptors (Lipinski definition) is 3. The smallest absolute Gasteiger partial charge is 0.288 e. The molecule has 3 nitrogen and oxygen atoms in total. The molecule has 63 heavy (non-hydrogen) atoms. The minimum absolute atomic E-state index is 0.0412. The Balaban J connectivity index is 1.08. The first-order chi connectivity index (χ1) is 30.7. The molecule has 0 heterocycles. The molecule has 4 aliphatic carbocycles. The average Bonchev–Trinajstić information content (AvgIpc) is 3.59. The fraction of sp³-hybridized carbons (Fsp3) is 0.345. The summed E-state index contributed by atoms with van der Waals surface area (Å²) in [5, 5.41) is 19.3. The van der Waals surface area contributed by atoms with Gasteiger partial charge in [-0.1, -0.05) is 214 Å². The molecule has 9 atom stereocenters. The first-order valence-corrected chi connectivity index (χ1v) is 27.5. The van der Waals surface area contributed by atoms with Crippen molar-refractivity contribution in [2.24, 2.45) is 40.4 Å². The Morgan fingerprint density at radius 1 is 0.540 bits per heavy atom. The van der Waals surface area contributed by atoms with Gasteiger partial charge in [-0.15, -0.1) is 0 Å². The predicted octanol–water partition coefficient (Wildman–Crippen LogP) is 8.91. The third-order valence-electron chi connectivity index (χ3n) is 17.1. The van der Waals surface area contributed by atoms with Gasteiger partial charge in [0.25, 0.3) is 16.6 Å². The SMILES string of the molecule is C[C@@H]1C=C2C[C@@H](O)C[C@H](C)[C@]2(CO[Si](c2ccccc2)(c2ccccc2)c2ccccc2)[C@H]2CC[C@@]3(C)[C@@H](CC[C@]3(C)O[Si](c3ccccc3)(c3ccccc3)c3ccccc3)[C@H]12. The Bertz CT molecular complexity index is 2310. The molecule has 0 aliphatic heterocycles. The van der Waals surface area contributed by atoms with Crippen molar-refractivity contribution in [3.63, 3.8) is 0 Å². The van der Waals surface area contributed by atoms with Crippen LogP contribution in [-0.2, 0) is 8.85 Å². The molecular weight excluding hydrogens is 801 g/mol. The molecule has 0 unspecified atom stereocenters. The van der Waals surface area contributed by atoms with E-state index in [1.54, 1.807) is 0 Å². The summed E-state index contributed by atoms with van der Waals surface area (Å²) in [7, 11) is -5.99. The zero-order chi connectivity index (χ0) is 43.3. The molecule has 322 valence electrons. The number of allylic oxidation sites excluding steroid dienone is 1. The molecule has 0 aromatic heterocycles. The van der Waals surface area contributed by atoms with E-state index in [0.717, 1.165) is 38.5 Å². The lowest BCUT2D eigenvalue weighted by Crippen LogP contribution is -2.73. The van der Waals surface area contributed by atoms with E-state index >= 15 is 0 Å². The highest BCUT2D eigenvalue weighted by molar-refractivity contribution is 7.07. The normalized spacial score (nSPS) is 30.4. The monoisotopic (exact) mass is 864 g/mol. The zero-order valence-electron chi connectivity index (χ0n) is 37.6. The number of rotatable bonds is 11. The Labute approximate surface area is 378 Å². The first kappa shape index (κ1) is 42.3. The third kappa shape index (κ3) is 6.76. The highest BCUT2D eigenvalue weighted by Crippen LogP contribution is 2.70. The maximum atomic E-state index is 11.5. The lowest BCUT2D eigenvalue weighted by Gasteiger charge is -2.64. The van der Waals surface area contributed by atoms with E-state index in [2.05, 4.69) is 216 Å². The molecule has 3 fully saturated rings. The van der Waals surface area contributed by atoms with Gasteiger partial charge in [0, 0.05) is 12.0 Å². The second-order valence-electron chi connectivity index (χ2n) is 20.1. The molecule has 0 amide bonds. The van der Waals surface area contributed by atoms with Crippen LogP contribution in [0, 0.1) is 40.4 Å². The van der Waals surface area contributed by atoms with Gasteiger partial charge in [-0.25, -0.2) is 0 Å². The van der Waals surface area contributed by atoms with Gasteiger partial charge in [0.2, 0.25) is 0 Å². The molecule has 4 aliphatic rings. The minimum atomic E-state index is -3.00. The Kier molecular flexibility index (Phi) is 11.2. The van der Waals surface area contributed by atoms with Gasteiger partial charge in [0.1, 0.15) is 0 Å². The maximum absolute atomic E-state index is 11.5. The molecule has 10 rings (SSSR count). The van der Waals surface area contributed by atoms with Crippen LogP contribution in [0.25, 0.3) is 0 Å². The van der Waals surface area contributed by atoms with E-state index < -0.39 is 16.6 Å². The van der Waals surface area contributed by atoms with Crippen molar-refractivity contribution in [1.29, 1.82) is 0 Å². The van der Waals surface area contributed by atoms with Gasteiger partial charge in [0.15, 0.2) is 0 Å². The van der Waals surface area contributed by atoms with Crippen molar-refractivity contribution in [3.05, 3.63) is 194 Å². The Morgan fingerprint density at radius 2 is 0.937 bits per heavy atom. The largest absolute Gasteiger partial charge is 0.403 e. The number of fused-ring (bicyclic) bond motifs is 5. The van der Waals surface area contributed by atoms with Crippen molar-refractivity contribution >= 4 is 47.8 Å². The van der Waals surface area contributed by atoms with Gasteiger partial charge in [-0.3, -0.25) is 0 Å². The number of aliphatic hydroxyl groups excluding tert-OH is 1. The van der Waals surface area contributed by atoms with E-state index in [0.29, 0.717) is 30.3 Å². The molecule has 0 saturated heterocycles. The van der Waals surface area contributed by atoms with Crippen LogP contribution in [0.1, 0.15) is 66.2 Å². The van der Waals surface area contributed by atoms with Crippen molar-refractivity contribution in [2.45, 2.75) is 77.9 Å². The van der Waals surface area contributed by atoms with Crippen molar-refractivity contribution < 1.29 is 14.0 Å². The van der Waals surface area contributed by atoms with Crippen molar-refractivity contribution in [3.8, 4) is 0 Å². The van der Waals surface area contributed by atoms with E-state index in [1.165, 1.54) is 36.7 Å². The Morgan fingerprint density at radius 3 is 1.37 bits per heavy atom. The minimum Gasteiger partial charge on any atom is -0.403 e.